The van der Waals surface area contributed by atoms with Crippen LogP contribution in [0, 0.1) is 0 Å². The highest BCUT2D eigenvalue weighted by Crippen LogP contribution is 2.17. The van der Waals surface area contributed by atoms with Gasteiger partial charge in [-0.2, -0.15) is 0 Å². The maximum absolute atomic E-state index is 5.54. The largest absolute Gasteiger partial charge is 0.376 e. The zero-order valence-corrected chi connectivity index (χ0v) is 9.82. The van der Waals surface area contributed by atoms with Crippen molar-refractivity contribution >= 4 is 11.3 Å². The molecule has 0 bridgehead atoms. The molecule has 14 heavy (non-hydrogen) atoms. The Morgan fingerprint density at radius 3 is 2.86 bits per heavy atom. The molecule has 80 valence electrons. The Kier molecular flexibility index (Phi) is 5.83. The highest BCUT2D eigenvalue weighted by molar-refractivity contribution is 7.11. The smallest absolute Gasteiger partial charge is 0.0809 e. The van der Waals surface area contributed by atoms with Crippen molar-refractivity contribution in [3.8, 4) is 0 Å². The van der Waals surface area contributed by atoms with Crippen LogP contribution in [-0.4, -0.2) is 13.7 Å². The fourth-order valence-electron chi connectivity index (χ4n) is 1.19. The molecule has 1 aromatic rings. The number of hydrogen-bond acceptors (Lipinski definition) is 3. The van der Waals surface area contributed by atoms with Gasteiger partial charge in [0.05, 0.1) is 6.61 Å². The Bertz CT molecular complexity index is 247. The highest BCUT2D eigenvalue weighted by Gasteiger charge is 1.98. The minimum atomic E-state index is 0.772. The van der Waals surface area contributed by atoms with Crippen LogP contribution in [0.2, 0.25) is 0 Å². The van der Waals surface area contributed by atoms with Crippen molar-refractivity contribution < 1.29 is 4.74 Å². The summed E-state index contributed by atoms with van der Waals surface area (Å²) in [5.41, 5.74) is 0. The van der Waals surface area contributed by atoms with Crippen LogP contribution < -0.4 is 5.32 Å². The molecular weight excluding hydrogens is 194 g/mol. The maximum Gasteiger partial charge on any atom is 0.0809 e. The number of hydrogen-bond donors (Lipinski definition) is 1. The van der Waals surface area contributed by atoms with Gasteiger partial charge in [-0.3, -0.25) is 0 Å². The van der Waals surface area contributed by atoms with E-state index in [9.17, 15) is 0 Å². The summed E-state index contributed by atoms with van der Waals surface area (Å²) in [6.45, 7) is 4.79. The van der Waals surface area contributed by atoms with Gasteiger partial charge in [0.2, 0.25) is 0 Å². The summed E-state index contributed by atoms with van der Waals surface area (Å²) in [5.74, 6) is 0. The molecule has 2 nitrogen and oxygen atoms in total. The Morgan fingerprint density at radius 1 is 1.36 bits per heavy atom. The van der Waals surface area contributed by atoms with E-state index in [1.54, 1.807) is 0 Å². The van der Waals surface area contributed by atoms with Crippen molar-refractivity contribution in [3.05, 3.63) is 21.9 Å². The summed E-state index contributed by atoms with van der Waals surface area (Å²) in [5, 5.41) is 3.14. The zero-order chi connectivity index (χ0) is 10.2. The van der Waals surface area contributed by atoms with Crippen molar-refractivity contribution in [1.29, 1.82) is 0 Å². The van der Waals surface area contributed by atoms with Gasteiger partial charge in [0.25, 0.3) is 0 Å². The zero-order valence-electron chi connectivity index (χ0n) is 9.01. The van der Waals surface area contributed by atoms with Crippen molar-refractivity contribution in [3.63, 3.8) is 0 Å². The molecule has 1 rings (SSSR count). The second-order valence-corrected chi connectivity index (χ2v) is 4.56. The first kappa shape index (κ1) is 11.7. The van der Waals surface area contributed by atoms with Gasteiger partial charge < -0.3 is 10.1 Å². The SMILES string of the molecule is CCCCOCc1ccc(CNC)s1. The Balaban J connectivity index is 2.22. The standard InChI is InChI=1S/C11H19NOS/c1-3-4-7-13-9-11-6-5-10(14-11)8-12-2/h5-6,12H,3-4,7-9H2,1-2H3. The van der Waals surface area contributed by atoms with Gasteiger partial charge >= 0.3 is 0 Å². The molecule has 3 heteroatoms. The molecule has 0 fully saturated rings. The van der Waals surface area contributed by atoms with Crippen molar-refractivity contribution in [2.45, 2.75) is 32.9 Å². The topological polar surface area (TPSA) is 21.3 Å². The van der Waals surface area contributed by atoms with Gasteiger partial charge in [0.15, 0.2) is 0 Å². The van der Waals surface area contributed by atoms with E-state index in [1.165, 1.54) is 16.2 Å². The Morgan fingerprint density at radius 2 is 2.14 bits per heavy atom. The number of unbranched alkanes of at least 4 members (excludes halogenated alkanes) is 1. The summed E-state index contributed by atoms with van der Waals surface area (Å²) in [6.07, 6.45) is 2.37. The third-order valence-electron chi connectivity index (χ3n) is 1.95. The third kappa shape index (κ3) is 4.22. The molecule has 1 aromatic heterocycles. The Labute approximate surface area is 90.3 Å². The fraction of sp³-hybridized carbons (Fsp3) is 0.636. The van der Waals surface area contributed by atoms with E-state index in [2.05, 4.69) is 24.4 Å². The molecular formula is C11H19NOS. The second-order valence-electron chi connectivity index (χ2n) is 3.30. The van der Waals surface area contributed by atoms with Crippen LogP contribution in [0.25, 0.3) is 0 Å². The van der Waals surface area contributed by atoms with E-state index in [1.807, 2.05) is 18.4 Å². The van der Waals surface area contributed by atoms with E-state index in [4.69, 9.17) is 4.74 Å². The average molecular weight is 213 g/mol. The lowest BCUT2D eigenvalue weighted by Gasteiger charge is -2.00. The molecule has 0 amide bonds. The normalized spacial score (nSPS) is 10.7. The van der Waals surface area contributed by atoms with Gasteiger partial charge in [0, 0.05) is 22.9 Å². The number of rotatable bonds is 7. The molecule has 1 heterocycles. The van der Waals surface area contributed by atoms with Crippen LogP contribution in [0.3, 0.4) is 0 Å². The van der Waals surface area contributed by atoms with Crippen molar-refractivity contribution in [2.24, 2.45) is 0 Å². The molecule has 0 saturated heterocycles. The van der Waals surface area contributed by atoms with Crippen LogP contribution in [-0.2, 0) is 17.9 Å². The molecule has 0 saturated carbocycles. The Hall–Kier alpha value is -0.380. The van der Waals surface area contributed by atoms with Crippen LogP contribution in [0.15, 0.2) is 12.1 Å². The van der Waals surface area contributed by atoms with Gasteiger partial charge in [-0.1, -0.05) is 13.3 Å². The summed E-state index contributed by atoms with van der Waals surface area (Å²) >= 11 is 1.83. The molecule has 0 aliphatic carbocycles. The minimum absolute atomic E-state index is 0.772. The van der Waals surface area contributed by atoms with E-state index in [0.29, 0.717) is 0 Å². The van der Waals surface area contributed by atoms with E-state index < -0.39 is 0 Å². The number of thiophene rings is 1. The first-order valence-electron chi connectivity index (χ1n) is 5.16. The van der Waals surface area contributed by atoms with Crippen LogP contribution >= 0.6 is 11.3 Å². The van der Waals surface area contributed by atoms with Crippen molar-refractivity contribution in [2.75, 3.05) is 13.7 Å². The molecule has 0 atom stereocenters. The molecule has 0 aromatic carbocycles. The molecule has 1 N–H and O–H groups in total. The molecule has 0 spiro atoms. The van der Waals surface area contributed by atoms with Crippen molar-refractivity contribution in [1.82, 2.24) is 5.32 Å². The molecule has 0 aliphatic rings. The molecule has 0 aliphatic heterocycles. The predicted octanol–water partition coefficient (Wildman–Crippen LogP) is 2.78. The maximum atomic E-state index is 5.54. The molecule has 0 radical (unpaired) electrons. The van der Waals surface area contributed by atoms with Gasteiger partial charge in [-0.25, -0.2) is 0 Å². The third-order valence-corrected chi connectivity index (χ3v) is 3.01. The first-order chi connectivity index (χ1) is 6.86. The van der Waals surface area contributed by atoms with E-state index in [0.717, 1.165) is 26.2 Å². The second kappa shape index (κ2) is 6.98. The van der Waals surface area contributed by atoms with Gasteiger partial charge in [-0.15, -0.1) is 11.3 Å². The van der Waals surface area contributed by atoms with Crippen LogP contribution in [0.4, 0.5) is 0 Å². The number of ether oxygens (including phenoxy) is 1. The monoisotopic (exact) mass is 213 g/mol. The van der Waals surface area contributed by atoms with Gasteiger partial charge in [0.1, 0.15) is 0 Å². The predicted molar refractivity (Wildman–Crippen MR) is 61.6 cm³/mol. The van der Waals surface area contributed by atoms with Crippen LogP contribution in [0.1, 0.15) is 29.5 Å². The summed E-state index contributed by atoms with van der Waals surface area (Å²) in [6, 6.07) is 4.32. The molecule has 0 unspecified atom stereocenters. The minimum Gasteiger partial charge on any atom is -0.376 e. The lowest BCUT2D eigenvalue weighted by atomic mass is 10.4. The quantitative estimate of drug-likeness (QED) is 0.703. The summed E-state index contributed by atoms with van der Waals surface area (Å²) < 4.78 is 5.54. The lowest BCUT2D eigenvalue weighted by Crippen LogP contribution is -2.02. The average Bonchev–Trinajstić information content (AvgIpc) is 2.61. The highest BCUT2D eigenvalue weighted by atomic mass is 32.1. The number of nitrogens with one attached hydrogen (secondary N) is 1. The van der Waals surface area contributed by atoms with E-state index in [-0.39, 0.29) is 0 Å². The summed E-state index contributed by atoms with van der Waals surface area (Å²) in [7, 11) is 1.97. The lowest BCUT2D eigenvalue weighted by molar-refractivity contribution is 0.120. The van der Waals surface area contributed by atoms with E-state index >= 15 is 0 Å². The fourth-order valence-corrected chi connectivity index (χ4v) is 2.16. The first-order valence-corrected chi connectivity index (χ1v) is 5.98. The van der Waals surface area contributed by atoms with Crippen LogP contribution in [0.5, 0.6) is 0 Å². The van der Waals surface area contributed by atoms with Gasteiger partial charge in [-0.05, 0) is 25.6 Å². The summed E-state index contributed by atoms with van der Waals surface area (Å²) in [4.78, 5) is 2.70.